The Labute approximate surface area is 543 Å². The van der Waals surface area contributed by atoms with E-state index in [4.69, 9.17) is 61.6 Å². The lowest BCUT2D eigenvalue weighted by Crippen LogP contribution is -2.71. The van der Waals surface area contributed by atoms with E-state index in [1.165, 1.54) is 0 Å². The fourth-order valence-corrected chi connectivity index (χ4v) is 12.3. The molecule has 0 radical (unpaired) electrons. The van der Waals surface area contributed by atoms with Crippen LogP contribution in [0.1, 0.15) is 34.1 Å². The second-order valence-electron chi connectivity index (χ2n) is 23.9. The molecule has 554 valence electrons. The molecule has 4 amide bonds. The normalized spacial score (nSPS) is 46.0. The standard InChI is InChI=1S/C53H88N4O39/c1-13(65)54-25-17(69)5-53(52(82)83,95-42(25)29(71)18(70)6-58)96-44-33(75)22(10-62)87-50(38(44)80)92-41-28(57-16(4)68)48(85-20(8-60)31(41)73)94-45-36(78)30(72)19(7-59)88-51(45)93-43-32(74)21(9-61)86-49(37(43)79)91-40-24(12-64)89-47(27(35(40)77)56-15(3)67)90-39-23(11-63)84-46(81)26(34(39)76)55-14(2)66/h17-51,58-64,69-81H,5-12H2,1-4H3,(H,54,65)(H,55,66)(H,56,67)(H,57,68)(H,82,83)/t17-,18+,19+,20+,21+,22+,23+,24+,25+,26+,27+,28+,29+,30+,31+,32+,33-,34+,35+,36-,37-,38+,39+,40+,41+,42+,43-,44-,45-,46+,47-,48-,49-,50-,51+,53-/m0/s1. The summed E-state index contributed by atoms with van der Waals surface area (Å²) in [4.78, 5) is 63.0. The van der Waals surface area contributed by atoms with E-state index in [1.54, 1.807) is 0 Å². The molecule has 7 heterocycles. The number of rotatable bonds is 26. The van der Waals surface area contributed by atoms with E-state index >= 15 is 0 Å². The zero-order chi connectivity index (χ0) is 71.3. The Balaban J connectivity index is 1.16. The van der Waals surface area contributed by atoms with Gasteiger partial charge in [0.15, 0.2) is 37.7 Å². The van der Waals surface area contributed by atoms with E-state index in [1.807, 2.05) is 0 Å². The van der Waals surface area contributed by atoms with Crippen molar-refractivity contribution in [2.75, 3.05) is 46.2 Å². The number of hydrogen-bond donors (Lipinski definition) is 25. The van der Waals surface area contributed by atoms with Gasteiger partial charge in [-0.3, -0.25) is 19.2 Å². The Morgan fingerprint density at radius 2 is 0.781 bits per heavy atom. The van der Waals surface area contributed by atoms with Gasteiger partial charge in [0.1, 0.15) is 165 Å². The van der Waals surface area contributed by atoms with Crippen LogP contribution in [0.2, 0.25) is 0 Å². The van der Waals surface area contributed by atoms with E-state index in [9.17, 15) is 131 Å². The van der Waals surface area contributed by atoms with Crippen LogP contribution >= 0.6 is 0 Å². The van der Waals surface area contributed by atoms with Gasteiger partial charge >= 0.3 is 5.97 Å². The quantitative estimate of drug-likeness (QED) is 0.0382. The van der Waals surface area contributed by atoms with Crippen molar-refractivity contribution in [1.82, 2.24) is 21.3 Å². The second-order valence-corrected chi connectivity index (χ2v) is 23.9. The van der Waals surface area contributed by atoms with Crippen molar-refractivity contribution in [3.05, 3.63) is 0 Å². The lowest BCUT2D eigenvalue weighted by molar-refractivity contribution is -0.398. The molecule has 7 fully saturated rings. The number of carboxylic acid groups (broad SMARTS) is 1. The SMILES string of the molecule is CC(=O)N[C@@H]1[C@@H](O)[C@H](O[C@@H]2O[C@H](CO)[C@@H](O[C@@H]3O[C@H](CO)[C@@H](O)[C@H](O[C@H]4O[C@H](CO)[C@@H](O)[C@H](O)[C@@H]4O[C@@H]4O[C@H](CO)[C@@H](O)[C@H](O[C@@H]5O[C@H](CO)[C@H](O)[C@H](O[C@]6(C(=O)O)C[C@H](O)[C@@H](NC(C)=O)[C@H]([C@H](O)[C@H](O)CO)O6)[C@H]5O)[C@H]4NC(C)=O)[C@@H]3O)[C@H](O)[C@H]2NC(C)=O)[C@@H](CO)O[C@H]1O. The number of aliphatic carboxylic acids is 1. The van der Waals surface area contributed by atoms with E-state index in [-0.39, 0.29) is 0 Å². The van der Waals surface area contributed by atoms with Gasteiger partial charge in [-0.05, 0) is 0 Å². The Kier molecular flexibility index (Phi) is 28.2. The van der Waals surface area contributed by atoms with E-state index in [0.29, 0.717) is 0 Å². The molecule has 7 aliphatic rings. The topological polar surface area (TPSA) is 678 Å². The Morgan fingerprint density at radius 3 is 1.29 bits per heavy atom. The summed E-state index contributed by atoms with van der Waals surface area (Å²) in [6.07, 6.45) is -66.4. The molecule has 43 nitrogen and oxygen atoms in total. The van der Waals surface area contributed by atoms with Crippen molar-refractivity contribution in [3.8, 4) is 0 Å². The maximum Gasteiger partial charge on any atom is 0.364 e. The van der Waals surface area contributed by atoms with Gasteiger partial charge < -0.3 is 190 Å². The number of nitrogens with one attached hydrogen (secondary N) is 4. The molecule has 0 aliphatic carbocycles. The summed E-state index contributed by atoms with van der Waals surface area (Å²) >= 11 is 0. The molecule has 0 spiro atoms. The maximum absolute atomic E-state index is 13.2. The Hall–Kier alpha value is -3.97. The fraction of sp³-hybridized carbons (Fsp3) is 0.906. The summed E-state index contributed by atoms with van der Waals surface area (Å²) in [7, 11) is 0. The molecule has 96 heavy (non-hydrogen) atoms. The molecular weight excluding hydrogens is 1320 g/mol. The van der Waals surface area contributed by atoms with Crippen LogP contribution in [0.25, 0.3) is 0 Å². The maximum atomic E-state index is 13.2. The lowest BCUT2D eigenvalue weighted by atomic mass is 9.88. The highest BCUT2D eigenvalue weighted by Gasteiger charge is 2.62. The number of hydrogen-bond acceptors (Lipinski definition) is 38. The van der Waals surface area contributed by atoms with Gasteiger partial charge in [0, 0.05) is 34.1 Å². The molecule has 25 N–H and O–H groups in total. The third-order valence-electron chi connectivity index (χ3n) is 17.1. The van der Waals surface area contributed by atoms with Crippen molar-refractivity contribution in [1.29, 1.82) is 0 Å². The number of ether oxygens (including phenoxy) is 13. The van der Waals surface area contributed by atoms with Crippen molar-refractivity contribution < 1.29 is 193 Å². The molecule has 0 aromatic rings. The number of amides is 4. The van der Waals surface area contributed by atoms with Gasteiger partial charge in [0.25, 0.3) is 5.79 Å². The van der Waals surface area contributed by atoms with Crippen molar-refractivity contribution >= 4 is 29.6 Å². The van der Waals surface area contributed by atoms with Gasteiger partial charge in [0.2, 0.25) is 23.6 Å². The van der Waals surface area contributed by atoms with Crippen molar-refractivity contribution in [2.45, 2.75) is 254 Å². The van der Waals surface area contributed by atoms with Gasteiger partial charge in [-0.15, -0.1) is 0 Å². The van der Waals surface area contributed by atoms with E-state index in [0.717, 1.165) is 27.7 Å². The number of carbonyl (C=O) groups excluding carboxylic acids is 4. The molecule has 0 aromatic heterocycles. The van der Waals surface area contributed by atoms with Crippen LogP contribution in [0.3, 0.4) is 0 Å². The van der Waals surface area contributed by atoms with Gasteiger partial charge in [-0.1, -0.05) is 0 Å². The predicted octanol–water partition coefficient (Wildman–Crippen LogP) is -16.5. The molecule has 7 saturated heterocycles. The van der Waals surface area contributed by atoms with Crippen molar-refractivity contribution in [2.24, 2.45) is 0 Å². The number of aliphatic hydroxyl groups excluding tert-OH is 20. The first-order valence-corrected chi connectivity index (χ1v) is 30.2. The first kappa shape index (κ1) is 79.4. The molecule has 7 rings (SSSR count). The number of aliphatic hydroxyl groups is 20. The first-order chi connectivity index (χ1) is 45.2. The van der Waals surface area contributed by atoms with Crippen LogP contribution < -0.4 is 21.3 Å². The number of carboxylic acids is 1. The van der Waals surface area contributed by atoms with E-state index < -0.39 is 303 Å². The average molecular weight is 1410 g/mol. The first-order valence-electron chi connectivity index (χ1n) is 30.2. The summed E-state index contributed by atoms with van der Waals surface area (Å²) in [5.74, 6) is -8.88. The van der Waals surface area contributed by atoms with Gasteiger partial charge in [-0.2, -0.15) is 0 Å². The fourth-order valence-electron chi connectivity index (χ4n) is 12.3. The highest BCUT2D eigenvalue weighted by molar-refractivity contribution is 5.77. The van der Waals surface area contributed by atoms with Crippen molar-refractivity contribution in [3.63, 3.8) is 0 Å². The van der Waals surface area contributed by atoms with Gasteiger partial charge in [-0.25, -0.2) is 4.79 Å². The molecule has 0 saturated carbocycles. The van der Waals surface area contributed by atoms with Crippen LogP contribution in [0, 0.1) is 0 Å². The smallest absolute Gasteiger partial charge is 0.364 e. The third-order valence-corrected chi connectivity index (χ3v) is 17.1. The minimum Gasteiger partial charge on any atom is -0.477 e. The monoisotopic (exact) mass is 1400 g/mol. The molecule has 0 unspecified atom stereocenters. The minimum absolute atomic E-state index is 0.741. The van der Waals surface area contributed by atoms with Crippen LogP contribution in [0.5, 0.6) is 0 Å². The van der Waals surface area contributed by atoms with Crippen LogP contribution in [0.15, 0.2) is 0 Å². The largest absolute Gasteiger partial charge is 0.477 e. The average Bonchev–Trinajstić information content (AvgIpc) is 0.764. The highest BCUT2D eigenvalue weighted by atomic mass is 16.8. The Bertz CT molecular complexity index is 2540. The molecule has 43 heteroatoms. The third kappa shape index (κ3) is 17.3. The zero-order valence-corrected chi connectivity index (χ0v) is 51.6. The summed E-state index contributed by atoms with van der Waals surface area (Å²) in [5, 5.41) is 240. The minimum atomic E-state index is -3.28. The summed E-state index contributed by atoms with van der Waals surface area (Å²) in [5.41, 5.74) is 0. The van der Waals surface area contributed by atoms with Crippen LogP contribution in [-0.2, 0) is 85.6 Å². The summed E-state index contributed by atoms with van der Waals surface area (Å²) in [6.45, 7) is -3.92. The summed E-state index contributed by atoms with van der Waals surface area (Å²) < 4.78 is 75.8. The molecular formula is C53H88N4O39. The number of carbonyl (C=O) groups is 5. The van der Waals surface area contributed by atoms with Gasteiger partial charge in [0.05, 0.1) is 58.4 Å². The zero-order valence-electron chi connectivity index (χ0n) is 51.6. The Morgan fingerprint density at radius 1 is 0.406 bits per heavy atom. The molecule has 7 aliphatic heterocycles. The molecule has 36 atom stereocenters. The molecule has 0 aromatic carbocycles. The highest BCUT2D eigenvalue weighted by Crippen LogP contribution is 2.41. The lowest BCUT2D eigenvalue weighted by Gasteiger charge is -2.51. The van der Waals surface area contributed by atoms with Crippen LogP contribution in [-0.4, -0.2) is 403 Å². The second kappa shape index (κ2) is 34.1. The predicted molar refractivity (Wildman–Crippen MR) is 295 cm³/mol. The van der Waals surface area contributed by atoms with E-state index in [2.05, 4.69) is 21.3 Å². The molecule has 0 bridgehead atoms. The van der Waals surface area contributed by atoms with Crippen LogP contribution in [0.4, 0.5) is 0 Å². The summed E-state index contributed by atoms with van der Waals surface area (Å²) in [6, 6.07) is -7.10.